The molecule has 1 aromatic heterocycles. The lowest BCUT2D eigenvalue weighted by Gasteiger charge is -2.10. The summed E-state index contributed by atoms with van der Waals surface area (Å²) in [5, 5.41) is 0. The normalized spacial score (nSPS) is 20.1. The van der Waals surface area contributed by atoms with Crippen LogP contribution in [0.25, 0.3) is 11.0 Å². The summed E-state index contributed by atoms with van der Waals surface area (Å²) in [6.45, 7) is 9.42. The minimum absolute atomic E-state index is 0.164. The topological polar surface area (TPSA) is 17.8 Å². The highest BCUT2D eigenvalue weighted by Gasteiger charge is 2.64. The van der Waals surface area contributed by atoms with Gasteiger partial charge in [0.15, 0.2) is 11.6 Å². The average Bonchev–Trinajstić information content (AvgIpc) is 2.74. The smallest absolute Gasteiger partial charge is 0.184 e. The SMILES string of the molecule is CC1(C)C(Cn2c(CCl)nc3ccc(F)c(F)c32)C1(C)C. The van der Waals surface area contributed by atoms with E-state index in [1.54, 1.807) is 4.57 Å². The Balaban J connectivity index is 2.12. The van der Waals surface area contributed by atoms with Gasteiger partial charge in [0.05, 0.1) is 11.4 Å². The molecule has 0 saturated heterocycles. The fraction of sp³-hybridized carbons (Fsp3) is 0.562. The predicted molar refractivity (Wildman–Crippen MR) is 80.3 cm³/mol. The highest BCUT2D eigenvalue weighted by molar-refractivity contribution is 6.16. The number of alkyl halides is 1. The van der Waals surface area contributed by atoms with E-state index in [-0.39, 0.29) is 22.2 Å². The van der Waals surface area contributed by atoms with Gasteiger partial charge < -0.3 is 4.57 Å². The molecule has 0 spiro atoms. The van der Waals surface area contributed by atoms with Gasteiger partial charge in [0.25, 0.3) is 0 Å². The molecule has 0 aliphatic heterocycles. The van der Waals surface area contributed by atoms with Crippen LogP contribution in [0, 0.1) is 28.4 Å². The van der Waals surface area contributed by atoms with Gasteiger partial charge in [-0.05, 0) is 28.9 Å². The maximum Gasteiger partial charge on any atom is 0.184 e. The van der Waals surface area contributed by atoms with Gasteiger partial charge in [-0.3, -0.25) is 0 Å². The summed E-state index contributed by atoms with van der Waals surface area (Å²) in [4.78, 5) is 4.33. The molecule has 1 aromatic carbocycles. The number of halogens is 3. The molecule has 5 heteroatoms. The molecule has 1 saturated carbocycles. The minimum atomic E-state index is -0.848. The van der Waals surface area contributed by atoms with Crippen molar-refractivity contribution in [1.29, 1.82) is 0 Å². The Kier molecular flexibility index (Phi) is 3.11. The highest BCUT2D eigenvalue weighted by Crippen LogP contribution is 2.69. The molecule has 1 fully saturated rings. The van der Waals surface area contributed by atoms with Crippen LogP contribution in [0.4, 0.5) is 8.78 Å². The third kappa shape index (κ3) is 1.91. The predicted octanol–water partition coefficient (Wildman–Crippen LogP) is 4.74. The number of imidazole rings is 1. The first-order valence-corrected chi connectivity index (χ1v) is 7.64. The zero-order valence-electron chi connectivity index (χ0n) is 12.7. The molecule has 114 valence electrons. The van der Waals surface area contributed by atoms with Gasteiger partial charge >= 0.3 is 0 Å². The molecule has 3 rings (SSSR count). The van der Waals surface area contributed by atoms with Crippen LogP contribution >= 0.6 is 11.6 Å². The summed E-state index contributed by atoms with van der Waals surface area (Å²) in [5.41, 5.74) is 1.01. The third-order valence-electron chi connectivity index (χ3n) is 5.68. The number of fused-ring (bicyclic) bond motifs is 1. The second-order valence-corrected chi connectivity index (χ2v) is 7.26. The van der Waals surface area contributed by atoms with E-state index >= 15 is 0 Å². The lowest BCUT2D eigenvalue weighted by molar-refractivity contribution is 0.457. The van der Waals surface area contributed by atoms with Crippen molar-refractivity contribution >= 4 is 22.6 Å². The molecule has 1 aliphatic rings. The Bertz CT molecular complexity index is 705. The maximum absolute atomic E-state index is 14.2. The maximum atomic E-state index is 14.2. The number of aromatic nitrogens is 2. The quantitative estimate of drug-likeness (QED) is 0.749. The van der Waals surface area contributed by atoms with Crippen molar-refractivity contribution in [2.75, 3.05) is 0 Å². The summed E-state index contributed by atoms with van der Waals surface area (Å²) in [6, 6.07) is 2.61. The molecule has 1 heterocycles. The molecule has 0 bridgehead atoms. The molecule has 1 aliphatic carbocycles. The van der Waals surface area contributed by atoms with Crippen molar-refractivity contribution in [2.24, 2.45) is 16.7 Å². The summed E-state index contributed by atoms with van der Waals surface area (Å²) < 4.78 is 29.5. The first-order valence-electron chi connectivity index (χ1n) is 7.11. The van der Waals surface area contributed by atoms with Gasteiger partial charge in [-0.1, -0.05) is 27.7 Å². The Morgan fingerprint density at radius 3 is 2.33 bits per heavy atom. The molecule has 2 nitrogen and oxygen atoms in total. The second-order valence-electron chi connectivity index (χ2n) is 7.00. The first-order chi connectivity index (χ1) is 9.71. The number of benzene rings is 1. The molecule has 21 heavy (non-hydrogen) atoms. The molecule has 0 atom stereocenters. The Morgan fingerprint density at radius 1 is 1.19 bits per heavy atom. The molecule has 2 aromatic rings. The fourth-order valence-corrected chi connectivity index (χ4v) is 3.68. The number of rotatable bonds is 3. The van der Waals surface area contributed by atoms with Gasteiger partial charge in [-0.15, -0.1) is 11.6 Å². The van der Waals surface area contributed by atoms with Crippen molar-refractivity contribution in [3.05, 3.63) is 29.6 Å². The summed E-state index contributed by atoms with van der Waals surface area (Å²) in [5.74, 6) is -0.531. The van der Waals surface area contributed by atoms with Crippen LogP contribution in [0.15, 0.2) is 12.1 Å². The van der Waals surface area contributed by atoms with E-state index in [1.165, 1.54) is 6.07 Å². The summed E-state index contributed by atoms with van der Waals surface area (Å²) in [6.07, 6.45) is 0. The van der Waals surface area contributed by atoms with Crippen LogP contribution in [0.2, 0.25) is 0 Å². The number of hydrogen-bond donors (Lipinski definition) is 0. The second kappa shape index (κ2) is 4.42. The lowest BCUT2D eigenvalue weighted by Crippen LogP contribution is -2.09. The van der Waals surface area contributed by atoms with Crippen molar-refractivity contribution in [3.63, 3.8) is 0 Å². The van der Waals surface area contributed by atoms with Crippen LogP contribution in [0.3, 0.4) is 0 Å². The van der Waals surface area contributed by atoms with Crippen LogP contribution in [-0.2, 0) is 12.4 Å². The molecular formula is C16H19ClF2N2. The van der Waals surface area contributed by atoms with E-state index in [4.69, 9.17) is 11.6 Å². The van der Waals surface area contributed by atoms with Gasteiger partial charge in [0.1, 0.15) is 11.3 Å². The van der Waals surface area contributed by atoms with Crippen LogP contribution in [-0.4, -0.2) is 9.55 Å². The third-order valence-corrected chi connectivity index (χ3v) is 5.92. The molecule has 0 amide bonds. The first kappa shape index (κ1) is 14.8. The zero-order valence-corrected chi connectivity index (χ0v) is 13.4. The van der Waals surface area contributed by atoms with Crippen LogP contribution in [0.5, 0.6) is 0 Å². The standard InChI is InChI=1S/C16H19ClF2N2/c1-15(2)11(16(15,3)4)8-21-12(7-17)20-10-6-5-9(18)13(19)14(10)21/h5-6,11H,7-8H2,1-4H3. The monoisotopic (exact) mass is 312 g/mol. The van der Waals surface area contributed by atoms with E-state index in [0.29, 0.717) is 23.8 Å². The molecule has 0 radical (unpaired) electrons. The van der Waals surface area contributed by atoms with E-state index < -0.39 is 11.6 Å². The van der Waals surface area contributed by atoms with Gasteiger partial charge in [-0.2, -0.15) is 0 Å². The summed E-state index contributed by atoms with van der Waals surface area (Å²) in [7, 11) is 0. The summed E-state index contributed by atoms with van der Waals surface area (Å²) >= 11 is 5.94. The van der Waals surface area contributed by atoms with E-state index in [9.17, 15) is 8.78 Å². The van der Waals surface area contributed by atoms with E-state index in [1.807, 2.05) is 0 Å². The van der Waals surface area contributed by atoms with Gasteiger partial charge in [0.2, 0.25) is 0 Å². The largest absolute Gasteiger partial charge is 0.324 e. The van der Waals surface area contributed by atoms with Crippen LogP contribution < -0.4 is 0 Å². The van der Waals surface area contributed by atoms with Crippen molar-refractivity contribution < 1.29 is 8.78 Å². The Morgan fingerprint density at radius 2 is 1.81 bits per heavy atom. The van der Waals surface area contributed by atoms with Crippen molar-refractivity contribution in [2.45, 2.75) is 40.1 Å². The minimum Gasteiger partial charge on any atom is -0.324 e. The fourth-order valence-electron chi connectivity index (χ4n) is 3.48. The van der Waals surface area contributed by atoms with E-state index in [0.717, 1.165) is 6.07 Å². The number of hydrogen-bond acceptors (Lipinski definition) is 1. The highest BCUT2D eigenvalue weighted by atomic mass is 35.5. The van der Waals surface area contributed by atoms with Crippen molar-refractivity contribution in [1.82, 2.24) is 9.55 Å². The number of nitrogens with zero attached hydrogens (tertiary/aromatic N) is 2. The van der Waals surface area contributed by atoms with Crippen LogP contribution in [0.1, 0.15) is 33.5 Å². The molecular weight excluding hydrogens is 294 g/mol. The van der Waals surface area contributed by atoms with E-state index in [2.05, 4.69) is 32.7 Å². The molecule has 0 N–H and O–H groups in total. The van der Waals surface area contributed by atoms with Gasteiger partial charge in [-0.25, -0.2) is 13.8 Å². The molecule has 0 unspecified atom stereocenters. The lowest BCUT2D eigenvalue weighted by atomic mass is 10.0. The zero-order chi connectivity index (χ0) is 15.6. The average molecular weight is 313 g/mol. The Labute approximate surface area is 128 Å². The van der Waals surface area contributed by atoms with Gasteiger partial charge in [0, 0.05) is 6.54 Å². The van der Waals surface area contributed by atoms with Crippen molar-refractivity contribution in [3.8, 4) is 0 Å². The Hall–Kier alpha value is -1.16.